The van der Waals surface area contributed by atoms with Gasteiger partial charge in [0.1, 0.15) is 21.4 Å². The zero-order valence-electron chi connectivity index (χ0n) is 11.4. The Kier molecular flexibility index (Phi) is 5.26. The molecular formula is C11H14F3N3O3S. The highest BCUT2D eigenvalue weighted by molar-refractivity contribution is 7.90. The molecule has 0 aliphatic rings. The van der Waals surface area contributed by atoms with Crippen LogP contribution in [-0.4, -0.2) is 36.3 Å². The lowest BCUT2D eigenvalue weighted by Gasteiger charge is -2.09. The summed E-state index contributed by atoms with van der Waals surface area (Å²) in [5, 5.41) is 2.28. The first-order valence-corrected chi connectivity index (χ1v) is 7.89. The quantitative estimate of drug-likeness (QED) is 0.867. The number of hydrogen-bond donors (Lipinski definition) is 1. The Morgan fingerprint density at radius 2 is 1.95 bits per heavy atom. The molecule has 1 aromatic heterocycles. The van der Waals surface area contributed by atoms with Gasteiger partial charge in [0.15, 0.2) is 0 Å². The van der Waals surface area contributed by atoms with Crippen LogP contribution in [0, 0.1) is 6.92 Å². The second-order valence-corrected chi connectivity index (χ2v) is 6.72. The van der Waals surface area contributed by atoms with Crippen molar-refractivity contribution in [3.63, 3.8) is 0 Å². The highest BCUT2D eigenvalue weighted by atomic mass is 32.2. The van der Waals surface area contributed by atoms with Gasteiger partial charge in [-0.1, -0.05) is 0 Å². The minimum atomic E-state index is -4.59. The molecule has 1 aromatic rings. The number of alkyl halides is 3. The van der Waals surface area contributed by atoms with Gasteiger partial charge in [-0.3, -0.25) is 4.79 Å². The number of aromatic nitrogens is 2. The maximum atomic E-state index is 12.6. The van der Waals surface area contributed by atoms with Crippen LogP contribution in [0.4, 0.5) is 13.2 Å². The number of aryl methyl sites for hydroxylation is 1. The zero-order valence-corrected chi connectivity index (χ0v) is 12.2. The topological polar surface area (TPSA) is 89.0 Å². The number of hydrogen-bond acceptors (Lipinski definition) is 5. The largest absolute Gasteiger partial charge is 0.433 e. The Labute approximate surface area is 119 Å². The molecule has 1 N–H and O–H groups in total. The number of halogens is 3. The Morgan fingerprint density at radius 1 is 1.33 bits per heavy atom. The molecule has 1 amide bonds. The Bertz CT molecular complexity index is 629. The van der Waals surface area contributed by atoms with Crippen molar-refractivity contribution in [1.29, 1.82) is 0 Å². The van der Waals surface area contributed by atoms with Gasteiger partial charge < -0.3 is 5.32 Å². The van der Waals surface area contributed by atoms with Gasteiger partial charge in [-0.15, -0.1) is 0 Å². The molecule has 0 fully saturated rings. The van der Waals surface area contributed by atoms with E-state index in [1.165, 1.54) is 6.92 Å². The van der Waals surface area contributed by atoms with Crippen LogP contribution in [0.5, 0.6) is 0 Å². The van der Waals surface area contributed by atoms with Crippen molar-refractivity contribution < 1.29 is 26.4 Å². The van der Waals surface area contributed by atoms with Gasteiger partial charge in [0, 0.05) is 18.4 Å². The maximum absolute atomic E-state index is 12.6. The summed E-state index contributed by atoms with van der Waals surface area (Å²) in [6, 6.07) is 0.801. The average molecular weight is 325 g/mol. The molecule has 21 heavy (non-hydrogen) atoms. The summed E-state index contributed by atoms with van der Waals surface area (Å²) in [6.07, 6.45) is -3.88. The number of sulfone groups is 1. The van der Waals surface area contributed by atoms with E-state index < -0.39 is 27.6 Å². The lowest BCUT2D eigenvalue weighted by Crippen LogP contribution is -2.26. The predicted octanol–water partition coefficient (Wildman–Crippen LogP) is 0.855. The van der Waals surface area contributed by atoms with Crippen LogP contribution in [0.2, 0.25) is 0 Å². The first kappa shape index (κ1) is 17.3. The first-order valence-electron chi connectivity index (χ1n) is 5.83. The van der Waals surface area contributed by atoms with Crippen LogP contribution < -0.4 is 5.32 Å². The molecule has 0 atom stereocenters. The minimum Gasteiger partial charge on any atom is -0.349 e. The van der Waals surface area contributed by atoms with E-state index in [1.54, 1.807) is 0 Å². The zero-order chi connectivity index (χ0) is 16.3. The monoisotopic (exact) mass is 325 g/mol. The second-order valence-electron chi connectivity index (χ2n) is 4.47. The summed E-state index contributed by atoms with van der Waals surface area (Å²) in [5.74, 6) is -1.12. The molecule has 0 aliphatic carbocycles. The number of carbonyl (C=O) groups excluding carboxylic acids is 1. The van der Waals surface area contributed by atoms with E-state index in [-0.39, 0.29) is 30.2 Å². The molecule has 0 aliphatic heterocycles. The van der Waals surface area contributed by atoms with E-state index >= 15 is 0 Å². The lowest BCUT2D eigenvalue weighted by molar-refractivity contribution is -0.141. The van der Waals surface area contributed by atoms with E-state index in [9.17, 15) is 26.4 Å². The van der Waals surface area contributed by atoms with Crippen LogP contribution in [0.3, 0.4) is 0 Å². The highest BCUT2D eigenvalue weighted by Crippen LogP contribution is 2.27. The summed E-state index contributed by atoms with van der Waals surface area (Å²) in [5.41, 5.74) is -0.965. The molecule has 0 saturated carbocycles. The summed E-state index contributed by atoms with van der Waals surface area (Å²) in [7, 11) is -3.28. The van der Waals surface area contributed by atoms with Crippen molar-refractivity contribution in [2.24, 2.45) is 0 Å². The first-order chi connectivity index (χ1) is 9.47. The highest BCUT2D eigenvalue weighted by Gasteiger charge is 2.33. The Morgan fingerprint density at radius 3 is 2.48 bits per heavy atom. The molecular weight excluding hydrogens is 311 g/mol. The maximum Gasteiger partial charge on any atom is 0.433 e. The SMILES string of the molecule is Cc1cc(C(F)(F)F)nc(CNC(=O)CCS(C)(=O)=O)n1. The van der Waals surface area contributed by atoms with E-state index in [2.05, 4.69) is 15.3 Å². The van der Waals surface area contributed by atoms with Crippen molar-refractivity contribution >= 4 is 15.7 Å². The third kappa shape index (κ3) is 6.52. The normalized spacial score (nSPS) is 12.2. The molecule has 0 unspecified atom stereocenters. The fourth-order valence-electron chi connectivity index (χ4n) is 1.40. The van der Waals surface area contributed by atoms with Gasteiger partial charge in [0.2, 0.25) is 5.91 Å². The molecule has 0 bridgehead atoms. The molecule has 0 aromatic carbocycles. The van der Waals surface area contributed by atoms with Crippen LogP contribution in [-0.2, 0) is 27.4 Å². The number of rotatable bonds is 5. The van der Waals surface area contributed by atoms with E-state index in [1.807, 2.05) is 0 Å². The molecule has 0 spiro atoms. The van der Waals surface area contributed by atoms with Crippen molar-refractivity contribution in [2.45, 2.75) is 26.1 Å². The van der Waals surface area contributed by atoms with E-state index in [4.69, 9.17) is 0 Å². The lowest BCUT2D eigenvalue weighted by atomic mass is 10.3. The molecule has 118 valence electrons. The fourth-order valence-corrected chi connectivity index (χ4v) is 1.95. The minimum absolute atomic E-state index is 0.123. The standard InChI is InChI=1S/C11H14F3N3O3S/c1-7-5-8(11(12,13)14)17-9(16-7)6-15-10(18)3-4-21(2,19)20/h5H,3-4,6H2,1-2H3,(H,15,18). The predicted molar refractivity (Wildman–Crippen MR) is 67.9 cm³/mol. The van der Waals surface area contributed by atoms with Gasteiger partial charge in [-0.25, -0.2) is 18.4 Å². The van der Waals surface area contributed by atoms with Crippen molar-refractivity contribution in [2.75, 3.05) is 12.0 Å². The average Bonchev–Trinajstić information content (AvgIpc) is 2.31. The third-order valence-corrected chi connectivity index (χ3v) is 3.28. The van der Waals surface area contributed by atoms with Gasteiger partial charge >= 0.3 is 6.18 Å². The van der Waals surface area contributed by atoms with E-state index in [0.29, 0.717) is 0 Å². The molecule has 10 heteroatoms. The summed E-state index contributed by atoms with van der Waals surface area (Å²) >= 11 is 0. The molecule has 1 rings (SSSR count). The molecule has 1 heterocycles. The van der Waals surface area contributed by atoms with Crippen LogP contribution in [0.1, 0.15) is 23.6 Å². The fraction of sp³-hybridized carbons (Fsp3) is 0.545. The van der Waals surface area contributed by atoms with Crippen molar-refractivity contribution in [1.82, 2.24) is 15.3 Å². The van der Waals surface area contributed by atoms with Gasteiger partial charge in [-0.2, -0.15) is 13.2 Å². The number of amides is 1. The van der Waals surface area contributed by atoms with Gasteiger partial charge in [0.25, 0.3) is 0 Å². The Hall–Kier alpha value is -1.71. The summed E-state index contributed by atoms with van der Waals surface area (Å²) in [6.45, 7) is 1.08. The Balaban J connectivity index is 2.68. The van der Waals surface area contributed by atoms with Crippen LogP contribution in [0.25, 0.3) is 0 Å². The number of nitrogens with one attached hydrogen (secondary N) is 1. The number of nitrogens with zero attached hydrogens (tertiary/aromatic N) is 2. The number of carbonyl (C=O) groups is 1. The molecule has 0 radical (unpaired) electrons. The summed E-state index contributed by atoms with van der Waals surface area (Å²) in [4.78, 5) is 18.5. The van der Waals surface area contributed by atoms with Crippen molar-refractivity contribution in [3.8, 4) is 0 Å². The van der Waals surface area contributed by atoms with Gasteiger partial charge in [-0.05, 0) is 13.0 Å². The van der Waals surface area contributed by atoms with E-state index in [0.717, 1.165) is 12.3 Å². The second kappa shape index (κ2) is 6.37. The molecule has 6 nitrogen and oxygen atoms in total. The molecule has 0 saturated heterocycles. The smallest absolute Gasteiger partial charge is 0.349 e. The van der Waals surface area contributed by atoms with Gasteiger partial charge in [0.05, 0.1) is 12.3 Å². The summed E-state index contributed by atoms with van der Waals surface area (Å²) < 4.78 is 59.4. The van der Waals surface area contributed by atoms with Crippen LogP contribution in [0.15, 0.2) is 6.07 Å². The van der Waals surface area contributed by atoms with Crippen molar-refractivity contribution in [3.05, 3.63) is 23.3 Å². The third-order valence-electron chi connectivity index (χ3n) is 2.33. The van der Waals surface area contributed by atoms with Crippen LogP contribution >= 0.6 is 0 Å².